The van der Waals surface area contributed by atoms with Crippen molar-refractivity contribution in [2.45, 2.75) is 13.5 Å². The fourth-order valence-corrected chi connectivity index (χ4v) is 2.17. The number of carbonyl (C=O) groups is 2. The maximum Gasteiger partial charge on any atom is 0.371 e. The molecule has 0 saturated carbocycles. The number of nitrogens with one attached hydrogen (secondary N) is 1. The van der Waals surface area contributed by atoms with E-state index in [0.717, 1.165) is 0 Å². The molecule has 27 heavy (non-hydrogen) atoms. The van der Waals surface area contributed by atoms with Gasteiger partial charge in [-0.05, 0) is 42.8 Å². The minimum Gasteiger partial charge on any atom is -0.490 e. The monoisotopic (exact) mass is 370 g/mol. The number of carboxylic acid groups (broad SMARTS) is 1. The lowest BCUT2D eigenvalue weighted by Crippen LogP contribution is -2.19. The Balaban J connectivity index is 2.21. The van der Waals surface area contributed by atoms with Gasteiger partial charge in [-0.3, -0.25) is 4.79 Å². The van der Waals surface area contributed by atoms with Gasteiger partial charge in [0.1, 0.15) is 24.0 Å². The molecule has 0 spiro atoms. The van der Waals surface area contributed by atoms with Crippen LogP contribution in [0.15, 0.2) is 40.3 Å². The SMILES string of the molecule is CCOc1cc(C=C(C#N)C(=O)NC)ccc1OCc1ccc(C(=O)O)o1. The van der Waals surface area contributed by atoms with Crippen LogP contribution in [-0.4, -0.2) is 30.6 Å². The van der Waals surface area contributed by atoms with Gasteiger partial charge in [0.25, 0.3) is 5.91 Å². The molecule has 0 bridgehead atoms. The fourth-order valence-electron chi connectivity index (χ4n) is 2.17. The average Bonchev–Trinajstić information content (AvgIpc) is 3.14. The van der Waals surface area contributed by atoms with Gasteiger partial charge in [-0.2, -0.15) is 5.26 Å². The number of likely N-dealkylation sites (N-methyl/N-ethyl adjacent to an activating group) is 1. The van der Waals surface area contributed by atoms with E-state index in [4.69, 9.17) is 24.3 Å². The van der Waals surface area contributed by atoms with Crippen LogP contribution in [-0.2, 0) is 11.4 Å². The fraction of sp³-hybridized carbons (Fsp3) is 0.211. The largest absolute Gasteiger partial charge is 0.490 e. The second kappa shape index (κ2) is 9.10. The molecule has 0 aliphatic rings. The predicted octanol–water partition coefficient (Wildman–Crippen LogP) is 2.61. The molecule has 0 saturated heterocycles. The summed E-state index contributed by atoms with van der Waals surface area (Å²) in [5, 5.41) is 20.3. The number of aromatic carboxylic acids is 1. The van der Waals surface area contributed by atoms with E-state index in [-0.39, 0.29) is 17.9 Å². The minimum atomic E-state index is -1.16. The molecular formula is C19H18N2O6. The second-order valence-corrected chi connectivity index (χ2v) is 5.25. The van der Waals surface area contributed by atoms with Crippen LogP contribution in [0.3, 0.4) is 0 Å². The number of ether oxygens (including phenoxy) is 2. The highest BCUT2D eigenvalue weighted by Crippen LogP contribution is 2.30. The predicted molar refractivity (Wildman–Crippen MR) is 95.3 cm³/mol. The van der Waals surface area contributed by atoms with E-state index in [0.29, 0.717) is 29.4 Å². The molecule has 0 fully saturated rings. The Morgan fingerprint density at radius 2 is 2.04 bits per heavy atom. The number of carbonyl (C=O) groups excluding carboxylic acids is 1. The van der Waals surface area contributed by atoms with E-state index in [1.165, 1.54) is 25.3 Å². The van der Waals surface area contributed by atoms with Crippen LogP contribution in [0.4, 0.5) is 0 Å². The number of hydrogen-bond donors (Lipinski definition) is 2. The van der Waals surface area contributed by atoms with Crippen LogP contribution in [0.25, 0.3) is 6.08 Å². The molecule has 0 aliphatic carbocycles. The van der Waals surface area contributed by atoms with Crippen molar-refractivity contribution in [2.24, 2.45) is 0 Å². The van der Waals surface area contributed by atoms with Crippen LogP contribution >= 0.6 is 0 Å². The van der Waals surface area contributed by atoms with Gasteiger partial charge in [0.05, 0.1) is 6.61 Å². The van der Waals surface area contributed by atoms with Gasteiger partial charge in [-0.1, -0.05) is 6.07 Å². The van der Waals surface area contributed by atoms with E-state index in [9.17, 15) is 9.59 Å². The summed E-state index contributed by atoms with van der Waals surface area (Å²) < 4.78 is 16.3. The summed E-state index contributed by atoms with van der Waals surface area (Å²) in [6.45, 7) is 2.21. The highest BCUT2D eigenvalue weighted by molar-refractivity contribution is 6.01. The van der Waals surface area contributed by atoms with Gasteiger partial charge < -0.3 is 24.3 Å². The van der Waals surface area contributed by atoms with Crippen molar-refractivity contribution in [3.63, 3.8) is 0 Å². The Morgan fingerprint density at radius 3 is 2.63 bits per heavy atom. The Kier molecular flexibility index (Phi) is 6.61. The summed E-state index contributed by atoms with van der Waals surface area (Å²) in [6.07, 6.45) is 1.44. The first-order valence-electron chi connectivity index (χ1n) is 8.04. The highest BCUT2D eigenvalue weighted by Gasteiger charge is 2.12. The molecule has 140 valence electrons. The topological polar surface area (TPSA) is 122 Å². The van der Waals surface area contributed by atoms with Crippen LogP contribution in [0, 0.1) is 11.3 Å². The number of benzene rings is 1. The highest BCUT2D eigenvalue weighted by atomic mass is 16.5. The zero-order valence-corrected chi connectivity index (χ0v) is 14.8. The smallest absolute Gasteiger partial charge is 0.371 e. The van der Waals surface area contributed by atoms with E-state index in [1.807, 2.05) is 13.0 Å². The Morgan fingerprint density at radius 1 is 1.26 bits per heavy atom. The van der Waals surface area contributed by atoms with Gasteiger partial charge in [0.15, 0.2) is 11.5 Å². The molecule has 0 atom stereocenters. The molecule has 1 aromatic carbocycles. The molecule has 2 rings (SSSR count). The molecule has 2 N–H and O–H groups in total. The Labute approximate surface area is 155 Å². The molecular weight excluding hydrogens is 352 g/mol. The summed E-state index contributed by atoms with van der Waals surface area (Å²) in [7, 11) is 1.44. The van der Waals surface area contributed by atoms with Crippen molar-refractivity contribution in [2.75, 3.05) is 13.7 Å². The van der Waals surface area contributed by atoms with Gasteiger partial charge in [-0.15, -0.1) is 0 Å². The molecule has 0 radical (unpaired) electrons. The van der Waals surface area contributed by atoms with Crippen LogP contribution in [0.1, 0.15) is 28.8 Å². The van der Waals surface area contributed by atoms with Gasteiger partial charge in [0.2, 0.25) is 5.76 Å². The molecule has 8 heteroatoms. The summed E-state index contributed by atoms with van der Waals surface area (Å²) in [4.78, 5) is 22.5. The number of furan rings is 1. The lowest BCUT2D eigenvalue weighted by atomic mass is 10.1. The summed E-state index contributed by atoms with van der Waals surface area (Å²) >= 11 is 0. The summed E-state index contributed by atoms with van der Waals surface area (Å²) in [5.41, 5.74) is 0.558. The van der Waals surface area contributed by atoms with Crippen LogP contribution in [0.2, 0.25) is 0 Å². The van der Waals surface area contributed by atoms with Gasteiger partial charge in [0, 0.05) is 7.05 Å². The zero-order valence-electron chi connectivity index (χ0n) is 14.8. The average molecular weight is 370 g/mol. The number of nitrogens with zero attached hydrogens (tertiary/aromatic N) is 1. The lowest BCUT2D eigenvalue weighted by Gasteiger charge is -2.12. The zero-order chi connectivity index (χ0) is 19.8. The van der Waals surface area contributed by atoms with E-state index >= 15 is 0 Å². The van der Waals surface area contributed by atoms with E-state index in [1.54, 1.807) is 18.2 Å². The molecule has 1 heterocycles. The van der Waals surface area contributed by atoms with Crippen molar-refractivity contribution in [3.05, 3.63) is 53.0 Å². The number of rotatable bonds is 8. The third kappa shape index (κ3) is 5.12. The van der Waals surface area contributed by atoms with E-state index in [2.05, 4.69) is 5.32 Å². The number of carboxylic acids is 1. The second-order valence-electron chi connectivity index (χ2n) is 5.25. The molecule has 8 nitrogen and oxygen atoms in total. The standard InChI is InChI=1S/C19H18N2O6/c1-3-25-17-9-12(8-13(10-20)18(22)21-2)4-6-15(17)26-11-14-5-7-16(27-14)19(23)24/h4-9H,3,11H2,1-2H3,(H,21,22)(H,23,24). The van der Waals surface area contributed by atoms with Crippen molar-refractivity contribution in [3.8, 4) is 17.6 Å². The maximum atomic E-state index is 11.6. The molecule has 0 unspecified atom stereocenters. The third-order valence-electron chi connectivity index (χ3n) is 3.41. The minimum absolute atomic E-state index is 0.0181. The van der Waals surface area contributed by atoms with Crippen molar-refractivity contribution in [1.82, 2.24) is 5.32 Å². The first kappa shape index (κ1) is 19.6. The van der Waals surface area contributed by atoms with Crippen LogP contribution in [0.5, 0.6) is 11.5 Å². The van der Waals surface area contributed by atoms with Gasteiger partial charge in [-0.25, -0.2) is 4.79 Å². The molecule has 1 amide bonds. The Hall–Kier alpha value is -3.73. The van der Waals surface area contributed by atoms with Crippen LogP contribution < -0.4 is 14.8 Å². The van der Waals surface area contributed by atoms with Crippen molar-refractivity contribution < 1.29 is 28.6 Å². The normalized spacial score (nSPS) is 10.8. The van der Waals surface area contributed by atoms with Crippen molar-refractivity contribution in [1.29, 1.82) is 5.26 Å². The number of amides is 1. The first-order valence-corrected chi connectivity index (χ1v) is 8.04. The first-order chi connectivity index (χ1) is 13.0. The summed E-state index contributed by atoms with van der Waals surface area (Å²) in [6, 6.07) is 9.66. The Bertz CT molecular complexity index is 907. The lowest BCUT2D eigenvalue weighted by molar-refractivity contribution is -0.116. The number of nitriles is 1. The third-order valence-corrected chi connectivity index (χ3v) is 3.41. The molecule has 1 aromatic heterocycles. The number of hydrogen-bond acceptors (Lipinski definition) is 6. The van der Waals surface area contributed by atoms with Gasteiger partial charge >= 0.3 is 5.97 Å². The summed E-state index contributed by atoms with van der Waals surface area (Å²) in [5.74, 6) is -0.617. The molecule has 2 aromatic rings. The molecule has 0 aliphatic heterocycles. The maximum absolute atomic E-state index is 11.6. The quantitative estimate of drug-likeness (QED) is 0.541. The van der Waals surface area contributed by atoms with E-state index < -0.39 is 11.9 Å². The van der Waals surface area contributed by atoms with Crippen molar-refractivity contribution >= 4 is 18.0 Å².